The third-order valence-electron chi connectivity index (χ3n) is 4.61. The van der Waals surface area contributed by atoms with E-state index in [0.29, 0.717) is 18.5 Å². The van der Waals surface area contributed by atoms with E-state index in [2.05, 4.69) is 67.5 Å². The quantitative estimate of drug-likeness (QED) is 0.588. The molecule has 1 heterocycles. The van der Waals surface area contributed by atoms with Crippen LogP contribution in [-0.2, 0) is 11.3 Å². The van der Waals surface area contributed by atoms with Gasteiger partial charge in [0.2, 0.25) is 0 Å². The number of aliphatic imine (C=N–C) groups is 1. The number of ether oxygens (including phenoxy) is 1. The summed E-state index contributed by atoms with van der Waals surface area (Å²) in [6.07, 6.45) is 0. The van der Waals surface area contributed by atoms with E-state index in [4.69, 9.17) is 9.73 Å². The van der Waals surface area contributed by atoms with Gasteiger partial charge in [0.15, 0.2) is 5.96 Å². The molecule has 1 atom stereocenters. The van der Waals surface area contributed by atoms with Crippen molar-refractivity contribution < 1.29 is 4.74 Å². The molecule has 0 spiro atoms. The van der Waals surface area contributed by atoms with Crippen molar-refractivity contribution in [1.29, 1.82) is 0 Å². The van der Waals surface area contributed by atoms with Gasteiger partial charge in [0.1, 0.15) is 0 Å². The van der Waals surface area contributed by atoms with Gasteiger partial charge in [-0.2, -0.15) is 0 Å². The SMILES string of the molecule is CCNC(=NCc1cccc(C)c1)NCC(C(C)C)N1CCOCC1. The Morgan fingerprint density at radius 2 is 2.00 bits per heavy atom. The normalized spacial score (nSPS) is 17.6. The van der Waals surface area contributed by atoms with E-state index in [0.717, 1.165) is 45.4 Å². The molecule has 1 aliphatic rings. The highest BCUT2D eigenvalue weighted by molar-refractivity contribution is 5.79. The topological polar surface area (TPSA) is 48.9 Å². The van der Waals surface area contributed by atoms with Crippen molar-refractivity contribution in [1.82, 2.24) is 15.5 Å². The van der Waals surface area contributed by atoms with Gasteiger partial charge in [-0.1, -0.05) is 43.7 Å². The third kappa shape index (κ3) is 6.67. The predicted octanol–water partition coefficient (Wildman–Crippen LogP) is 2.41. The fraction of sp³-hybridized carbons (Fsp3) is 0.650. The maximum absolute atomic E-state index is 5.49. The number of rotatable bonds is 7. The summed E-state index contributed by atoms with van der Waals surface area (Å²) in [4.78, 5) is 7.29. The Morgan fingerprint density at radius 1 is 1.24 bits per heavy atom. The van der Waals surface area contributed by atoms with Crippen molar-refractivity contribution in [3.05, 3.63) is 35.4 Å². The van der Waals surface area contributed by atoms with Crippen molar-refractivity contribution in [3.8, 4) is 0 Å². The molecule has 25 heavy (non-hydrogen) atoms. The number of hydrogen-bond acceptors (Lipinski definition) is 3. The first-order valence-electron chi connectivity index (χ1n) is 9.49. The van der Waals surface area contributed by atoms with E-state index in [1.807, 2.05) is 0 Å². The van der Waals surface area contributed by atoms with Crippen molar-refractivity contribution in [2.24, 2.45) is 10.9 Å². The lowest BCUT2D eigenvalue weighted by Gasteiger charge is -2.37. The second-order valence-electron chi connectivity index (χ2n) is 7.02. The van der Waals surface area contributed by atoms with Gasteiger partial charge in [0.05, 0.1) is 19.8 Å². The molecule has 1 aromatic rings. The van der Waals surface area contributed by atoms with Gasteiger partial charge < -0.3 is 15.4 Å². The van der Waals surface area contributed by atoms with Crippen LogP contribution in [0.2, 0.25) is 0 Å². The van der Waals surface area contributed by atoms with Crippen molar-refractivity contribution >= 4 is 5.96 Å². The van der Waals surface area contributed by atoms with Crippen LogP contribution < -0.4 is 10.6 Å². The standard InChI is InChI=1S/C20H34N4O/c1-5-21-20(22-14-18-8-6-7-17(4)13-18)23-15-19(16(2)3)24-9-11-25-12-10-24/h6-8,13,16,19H,5,9-12,14-15H2,1-4H3,(H2,21,22,23). The summed E-state index contributed by atoms with van der Waals surface area (Å²) in [6.45, 7) is 15.0. The van der Waals surface area contributed by atoms with Gasteiger partial charge in [-0.25, -0.2) is 4.99 Å². The van der Waals surface area contributed by atoms with Crippen LogP contribution in [0.5, 0.6) is 0 Å². The van der Waals surface area contributed by atoms with Crippen molar-refractivity contribution in [3.63, 3.8) is 0 Å². The average Bonchev–Trinajstić information content (AvgIpc) is 2.60. The van der Waals surface area contributed by atoms with E-state index in [-0.39, 0.29) is 0 Å². The first-order valence-corrected chi connectivity index (χ1v) is 9.49. The number of benzene rings is 1. The Balaban J connectivity index is 1.95. The van der Waals surface area contributed by atoms with E-state index < -0.39 is 0 Å². The van der Waals surface area contributed by atoms with E-state index >= 15 is 0 Å². The predicted molar refractivity (Wildman–Crippen MR) is 105 cm³/mol. The van der Waals surface area contributed by atoms with Gasteiger partial charge >= 0.3 is 0 Å². The summed E-state index contributed by atoms with van der Waals surface area (Å²) in [5.41, 5.74) is 2.52. The number of guanidine groups is 1. The zero-order valence-corrected chi connectivity index (χ0v) is 16.2. The third-order valence-corrected chi connectivity index (χ3v) is 4.61. The van der Waals surface area contributed by atoms with E-state index in [1.165, 1.54) is 11.1 Å². The molecule has 1 fully saturated rings. The molecule has 0 saturated carbocycles. The average molecular weight is 347 g/mol. The summed E-state index contributed by atoms with van der Waals surface area (Å²) < 4.78 is 5.49. The molecule has 0 radical (unpaired) electrons. The number of hydrogen-bond donors (Lipinski definition) is 2. The maximum Gasteiger partial charge on any atom is 0.191 e. The summed E-state index contributed by atoms with van der Waals surface area (Å²) in [5.74, 6) is 1.48. The highest BCUT2D eigenvalue weighted by atomic mass is 16.5. The zero-order chi connectivity index (χ0) is 18.1. The molecule has 1 unspecified atom stereocenters. The Kier molecular flexibility index (Phi) is 8.22. The molecule has 2 N–H and O–H groups in total. The number of aryl methyl sites for hydroxylation is 1. The molecule has 1 aliphatic heterocycles. The molecular weight excluding hydrogens is 312 g/mol. The second-order valence-corrected chi connectivity index (χ2v) is 7.02. The first kappa shape index (κ1) is 19.7. The highest BCUT2D eigenvalue weighted by Crippen LogP contribution is 2.12. The minimum absolute atomic E-state index is 0.492. The second kappa shape index (κ2) is 10.4. The fourth-order valence-electron chi connectivity index (χ4n) is 3.22. The Bertz CT molecular complexity index is 538. The Morgan fingerprint density at radius 3 is 2.64 bits per heavy atom. The number of nitrogens with zero attached hydrogens (tertiary/aromatic N) is 2. The molecule has 5 heteroatoms. The largest absolute Gasteiger partial charge is 0.379 e. The number of nitrogens with one attached hydrogen (secondary N) is 2. The lowest BCUT2D eigenvalue weighted by Crippen LogP contribution is -2.52. The molecule has 140 valence electrons. The van der Waals surface area contributed by atoms with Crippen LogP contribution in [0.15, 0.2) is 29.3 Å². The lowest BCUT2D eigenvalue weighted by molar-refractivity contribution is 0.00752. The molecular formula is C20H34N4O. The Labute approximate surface area is 152 Å². The molecule has 0 bridgehead atoms. The van der Waals surface area contributed by atoms with E-state index in [9.17, 15) is 0 Å². The minimum Gasteiger partial charge on any atom is -0.379 e. The summed E-state index contributed by atoms with van der Waals surface area (Å²) in [6, 6.07) is 9.02. The van der Waals surface area contributed by atoms with Gasteiger partial charge in [0.25, 0.3) is 0 Å². The van der Waals surface area contributed by atoms with Crippen LogP contribution in [0.3, 0.4) is 0 Å². The van der Waals surface area contributed by atoms with Crippen LogP contribution in [-0.4, -0.2) is 56.3 Å². The molecule has 0 amide bonds. The molecule has 2 rings (SSSR count). The van der Waals surface area contributed by atoms with Crippen LogP contribution >= 0.6 is 0 Å². The van der Waals surface area contributed by atoms with E-state index in [1.54, 1.807) is 0 Å². The maximum atomic E-state index is 5.49. The van der Waals surface area contributed by atoms with Gasteiger partial charge in [-0.15, -0.1) is 0 Å². The Hall–Kier alpha value is -1.59. The lowest BCUT2D eigenvalue weighted by atomic mass is 10.0. The van der Waals surface area contributed by atoms with Crippen LogP contribution in [0.4, 0.5) is 0 Å². The van der Waals surface area contributed by atoms with Crippen molar-refractivity contribution in [2.45, 2.75) is 40.3 Å². The van der Waals surface area contributed by atoms with Crippen LogP contribution in [0.1, 0.15) is 31.9 Å². The van der Waals surface area contributed by atoms with Crippen molar-refractivity contribution in [2.75, 3.05) is 39.4 Å². The first-order chi connectivity index (χ1) is 12.1. The minimum atomic E-state index is 0.492. The molecule has 1 saturated heterocycles. The van der Waals surface area contributed by atoms with Gasteiger partial charge in [0, 0.05) is 32.2 Å². The van der Waals surface area contributed by atoms with Gasteiger partial charge in [-0.3, -0.25) is 4.90 Å². The smallest absolute Gasteiger partial charge is 0.191 e. The molecule has 1 aromatic carbocycles. The monoisotopic (exact) mass is 346 g/mol. The fourth-order valence-corrected chi connectivity index (χ4v) is 3.22. The zero-order valence-electron chi connectivity index (χ0n) is 16.2. The van der Waals surface area contributed by atoms with Gasteiger partial charge in [-0.05, 0) is 25.3 Å². The highest BCUT2D eigenvalue weighted by Gasteiger charge is 2.23. The number of morpholine rings is 1. The summed E-state index contributed by atoms with van der Waals surface area (Å²) in [5, 5.41) is 6.90. The molecule has 0 aromatic heterocycles. The molecule has 5 nitrogen and oxygen atoms in total. The molecule has 0 aliphatic carbocycles. The van der Waals surface area contributed by atoms with Crippen LogP contribution in [0.25, 0.3) is 0 Å². The summed E-state index contributed by atoms with van der Waals surface area (Å²) in [7, 11) is 0. The summed E-state index contributed by atoms with van der Waals surface area (Å²) >= 11 is 0. The van der Waals surface area contributed by atoms with Crippen LogP contribution in [0, 0.1) is 12.8 Å².